The Hall–Kier alpha value is -3.38. The largest absolute Gasteiger partial charge is 0.454 e. The van der Waals surface area contributed by atoms with E-state index in [0.29, 0.717) is 25.2 Å². The Balaban J connectivity index is 2.13. The molecule has 3 aromatic rings. The van der Waals surface area contributed by atoms with Gasteiger partial charge in [-0.3, -0.25) is 4.79 Å². The summed E-state index contributed by atoms with van der Waals surface area (Å²) in [5, 5.41) is 9.54. The van der Waals surface area contributed by atoms with Crippen LogP contribution in [0.25, 0.3) is 0 Å². The highest BCUT2D eigenvalue weighted by molar-refractivity contribution is 5.77. The Morgan fingerprint density at radius 1 is 0.838 bits per heavy atom. The van der Waals surface area contributed by atoms with Crippen molar-refractivity contribution in [2.75, 3.05) is 0 Å². The van der Waals surface area contributed by atoms with Gasteiger partial charge in [-0.05, 0) is 62.6 Å². The van der Waals surface area contributed by atoms with Gasteiger partial charge in [0.05, 0.1) is 11.5 Å². The van der Waals surface area contributed by atoms with Crippen molar-refractivity contribution in [1.29, 1.82) is 5.26 Å². The number of esters is 1. The van der Waals surface area contributed by atoms with E-state index in [-0.39, 0.29) is 5.97 Å². The summed E-state index contributed by atoms with van der Waals surface area (Å²) in [6.45, 7) is 10.4. The first kappa shape index (κ1) is 28.2. The molecule has 0 radical (unpaired) electrons. The summed E-state index contributed by atoms with van der Waals surface area (Å²) in [6, 6.07) is 33.2. The summed E-state index contributed by atoms with van der Waals surface area (Å²) in [4.78, 5) is 14.1. The number of ether oxygens (including phenoxy) is 1. The van der Waals surface area contributed by atoms with Crippen LogP contribution in [-0.2, 0) is 20.5 Å². The Morgan fingerprint density at radius 2 is 1.30 bits per heavy atom. The predicted octanol–water partition coefficient (Wildman–Crippen LogP) is 8.59. The number of nitrogens with zero attached hydrogens (tertiary/aromatic N) is 1. The fourth-order valence-electron chi connectivity index (χ4n) is 5.45. The second-order valence-electron chi connectivity index (χ2n) is 11.2. The zero-order chi connectivity index (χ0) is 26.9. The van der Waals surface area contributed by atoms with Crippen LogP contribution in [0.1, 0.15) is 83.4 Å². The molecule has 0 aromatic heterocycles. The molecule has 0 heterocycles. The van der Waals surface area contributed by atoms with Gasteiger partial charge in [-0.1, -0.05) is 111 Å². The van der Waals surface area contributed by atoms with Crippen LogP contribution < -0.4 is 0 Å². The molecule has 2 atom stereocenters. The number of hydrogen-bond donors (Lipinski definition) is 0. The molecule has 2 unspecified atom stereocenters. The second kappa shape index (κ2) is 12.2. The van der Waals surface area contributed by atoms with Crippen molar-refractivity contribution < 1.29 is 9.53 Å². The van der Waals surface area contributed by atoms with E-state index in [9.17, 15) is 10.1 Å². The minimum atomic E-state index is -0.860. The number of benzene rings is 3. The summed E-state index contributed by atoms with van der Waals surface area (Å²) in [7, 11) is 0. The average molecular weight is 496 g/mol. The van der Waals surface area contributed by atoms with Gasteiger partial charge in [0.1, 0.15) is 5.60 Å². The van der Waals surface area contributed by atoms with Crippen molar-refractivity contribution in [2.45, 2.75) is 77.7 Å². The van der Waals surface area contributed by atoms with Gasteiger partial charge in [0.25, 0.3) is 0 Å². The normalized spacial score (nSPS) is 14.3. The van der Waals surface area contributed by atoms with Gasteiger partial charge in [-0.15, -0.1) is 0 Å². The van der Waals surface area contributed by atoms with E-state index in [0.717, 1.165) is 18.4 Å². The molecule has 0 aliphatic carbocycles. The van der Waals surface area contributed by atoms with Crippen molar-refractivity contribution in [3.05, 3.63) is 108 Å². The Morgan fingerprint density at radius 3 is 1.73 bits per heavy atom. The summed E-state index contributed by atoms with van der Waals surface area (Å²) in [5.41, 5.74) is 1.28. The zero-order valence-corrected chi connectivity index (χ0v) is 23.0. The summed E-state index contributed by atoms with van der Waals surface area (Å²) < 4.78 is 6.29. The molecule has 3 nitrogen and oxygen atoms in total. The lowest BCUT2D eigenvalue weighted by atomic mass is 9.60. The summed E-state index contributed by atoms with van der Waals surface area (Å²) in [5.74, 6) is 0.189. The lowest BCUT2D eigenvalue weighted by molar-refractivity contribution is -0.171. The molecule has 0 saturated heterocycles. The molecule has 3 aromatic carbocycles. The predicted molar refractivity (Wildman–Crippen MR) is 151 cm³/mol. The first-order valence-corrected chi connectivity index (χ1v) is 13.4. The van der Waals surface area contributed by atoms with Crippen molar-refractivity contribution in [2.24, 2.45) is 11.3 Å². The van der Waals surface area contributed by atoms with Gasteiger partial charge >= 0.3 is 5.97 Å². The number of nitriles is 1. The van der Waals surface area contributed by atoms with E-state index < -0.39 is 16.4 Å². The van der Waals surface area contributed by atoms with Gasteiger partial charge in [0, 0.05) is 11.8 Å². The molecule has 0 spiro atoms. The zero-order valence-electron chi connectivity index (χ0n) is 23.0. The van der Waals surface area contributed by atoms with E-state index in [1.54, 1.807) is 0 Å². The van der Waals surface area contributed by atoms with Gasteiger partial charge in [-0.2, -0.15) is 5.26 Å². The van der Waals surface area contributed by atoms with Crippen LogP contribution in [0.5, 0.6) is 0 Å². The van der Waals surface area contributed by atoms with Crippen LogP contribution >= 0.6 is 0 Å². The molecule has 0 saturated carbocycles. The van der Waals surface area contributed by atoms with E-state index in [1.165, 1.54) is 11.1 Å². The first-order valence-electron chi connectivity index (χ1n) is 13.4. The topological polar surface area (TPSA) is 50.1 Å². The summed E-state index contributed by atoms with van der Waals surface area (Å²) in [6.07, 6.45) is 3.23. The lowest BCUT2D eigenvalue weighted by Gasteiger charge is -2.44. The Kier molecular flexibility index (Phi) is 9.33. The summed E-state index contributed by atoms with van der Waals surface area (Å²) >= 11 is 0. The molecule has 37 heavy (non-hydrogen) atoms. The smallest absolute Gasteiger partial charge is 0.312 e. The van der Waals surface area contributed by atoms with Crippen LogP contribution in [0.15, 0.2) is 91.0 Å². The highest BCUT2D eigenvalue weighted by Crippen LogP contribution is 2.49. The second-order valence-corrected chi connectivity index (χ2v) is 11.2. The van der Waals surface area contributed by atoms with E-state index in [2.05, 4.69) is 68.4 Å². The number of carbonyl (C=O) groups is 1. The third kappa shape index (κ3) is 6.69. The Bertz CT molecular complexity index is 1130. The third-order valence-corrected chi connectivity index (χ3v) is 7.84. The average Bonchev–Trinajstić information content (AvgIpc) is 2.92. The molecule has 0 amide bonds. The maximum atomic E-state index is 14.1. The highest BCUT2D eigenvalue weighted by Gasteiger charge is 2.47. The number of rotatable bonds is 12. The first-order chi connectivity index (χ1) is 17.7. The van der Waals surface area contributed by atoms with Crippen LogP contribution in [0.2, 0.25) is 0 Å². The van der Waals surface area contributed by atoms with Crippen molar-refractivity contribution >= 4 is 5.97 Å². The van der Waals surface area contributed by atoms with E-state index >= 15 is 0 Å². The SMILES string of the molecule is CCC(C)CC(CC(C)(CCC#N)C(=O)OC(C)(C)c1ccccc1)(c1ccccc1)c1ccccc1. The van der Waals surface area contributed by atoms with Crippen molar-refractivity contribution in [3.8, 4) is 6.07 Å². The molecule has 3 heteroatoms. The van der Waals surface area contributed by atoms with Crippen LogP contribution in [0.3, 0.4) is 0 Å². The number of carbonyl (C=O) groups excluding carboxylic acids is 1. The van der Waals surface area contributed by atoms with Crippen LogP contribution in [0.4, 0.5) is 0 Å². The van der Waals surface area contributed by atoms with Crippen LogP contribution in [0, 0.1) is 22.7 Å². The van der Waals surface area contributed by atoms with Crippen LogP contribution in [-0.4, -0.2) is 5.97 Å². The molecule has 3 rings (SSSR count). The van der Waals surface area contributed by atoms with E-state index in [1.807, 2.05) is 63.2 Å². The molecule has 0 aliphatic heterocycles. The van der Waals surface area contributed by atoms with Gasteiger partial charge < -0.3 is 4.74 Å². The minimum absolute atomic E-state index is 0.253. The molecule has 0 bridgehead atoms. The van der Waals surface area contributed by atoms with E-state index in [4.69, 9.17) is 4.74 Å². The van der Waals surface area contributed by atoms with Gasteiger partial charge in [-0.25, -0.2) is 0 Å². The quantitative estimate of drug-likeness (QED) is 0.236. The third-order valence-electron chi connectivity index (χ3n) is 7.84. The number of hydrogen-bond acceptors (Lipinski definition) is 3. The monoisotopic (exact) mass is 495 g/mol. The van der Waals surface area contributed by atoms with Crippen molar-refractivity contribution in [1.82, 2.24) is 0 Å². The molecular weight excluding hydrogens is 454 g/mol. The minimum Gasteiger partial charge on any atom is -0.454 e. The maximum Gasteiger partial charge on any atom is 0.312 e. The Labute approximate surface area is 223 Å². The van der Waals surface area contributed by atoms with Gasteiger partial charge in [0.2, 0.25) is 0 Å². The fraction of sp³-hybridized carbons (Fsp3) is 0.412. The maximum absolute atomic E-state index is 14.1. The standard InChI is InChI=1S/C34H41NO2/c1-6-27(2)25-34(29-19-12-8-13-20-29,30-21-14-9-15-22-30)26-33(5,23-16-24-35)31(36)37-32(3,4)28-17-10-7-11-18-28/h7-15,17-22,27H,6,16,23,25-26H2,1-5H3. The molecule has 0 aliphatic rings. The van der Waals surface area contributed by atoms with Gasteiger partial charge in [0.15, 0.2) is 0 Å². The molecule has 0 fully saturated rings. The lowest BCUT2D eigenvalue weighted by Crippen LogP contribution is -2.43. The van der Waals surface area contributed by atoms with Crippen molar-refractivity contribution in [3.63, 3.8) is 0 Å². The fourth-order valence-corrected chi connectivity index (χ4v) is 5.45. The molecular formula is C34H41NO2. The molecule has 194 valence electrons. The highest BCUT2D eigenvalue weighted by atomic mass is 16.6. The molecule has 0 N–H and O–H groups in total.